The molecule has 162 valence electrons. The number of amides is 2. The number of benzene rings is 1. The minimum absolute atomic E-state index is 0.189. The predicted octanol–water partition coefficient (Wildman–Crippen LogP) is 4.24. The number of aryl methyl sites for hydroxylation is 2. The van der Waals surface area contributed by atoms with Gasteiger partial charge in [-0.25, -0.2) is 0 Å². The van der Waals surface area contributed by atoms with Crippen LogP contribution in [0.25, 0.3) is 0 Å². The monoisotopic (exact) mass is 437 g/mol. The SMILES string of the molecule is CCC(C)(C)NC(=O)[C@@H](c1ccccn1)N(C(=O)c1csnn1)c1cc(C)ccc1C. The third-order valence-corrected chi connectivity index (χ3v) is 5.75. The van der Waals surface area contributed by atoms with Crippen LogP contribution in [0.3, 0.4) is 0 Å². The van der Waals surface area contributed by atoms with Crippen LogP contribution in [0.2, 0.25) is 0 Å². The van der Waals surface area contributed by atoms with Gasteiger partial charge in [0.15, 0.2) is 11.7 Å². The number of aromatic nitrogens is 3. The van der Waals surface area contributed by atoms with Gasteiger partial charge in [-0.1, -0.05) is 29.6 Å². The smallest absolute Gasteiger partial charge is 0.280 e. The molecule has 0 aliphatic heterocycles. The Kier molecular flexibility index (Phi) is 6.80. The van der Waals surface area contributed by atoms with Crippen LogP contribution in [-0.4, -0.2) is 31.9 Å². The maximum absolute atomic E-state index is 13.6. The molecule has 0 aliphatic carbocycles. The van der Waals surface area contributed by atoms with Crippen molar-refractivity contribution in [3.8, 4) is 0 Å². The molecule has 1 N–H and O–H groups in total. The van der Waals surface area contributed by atoms with Gasteiger partial charge in [0.2, 0.25) is 5.91 Å². The van der Waals surface area contributed by atoms with E-state index in [4.69, 9.17) is 0 Å². The average Bonchev–Trinajstić information content (AvgIpc) is 3.28. The van der Waals surface area contributed by atoms with Crippen molar-refractivity contribution in [3.05, 3.63) is 70.5 Å². The van der Waals surface area contributed by atoms with E-state index in [1.54, 1.807) is 23.7 Å². The van der Waals surface area contributed by atoms with Gasteiger partial charge in [-0.3, -0.25) is 19.5 Å². The fraction of sp³-hybridized carbons (Fsp3) is 0.348. The normalized spacial score (nSPS) is 12.3. The van der Waals surface area contributed by atoms with E-state index in [-0.39, 0.29) is 11.6 Å². The van der Waals surface area contributed by atoms with Gasteiger partial charge in [-0.2, -0.15) is 0 Å². The third-order valence-electron chi connectivity index (χ3n) is 5.24. The lowest BCUT2D eigenvalue weighted by Gasteiger charge is -2.34. The van der Waals surface area contributed by atoms with Crippen molar-refractivity contribution in [1.29, 1.82) is 0 Å². The second-order valence-corrected chi connectivity index (χ2v) is 8.75. The quantitative estimate of drug-likeness (QED) is 0.597. The summed E-state index contributed by atoms with van der Waals surface area (Å²) >= 11 is 1.09. The molecule has 1 aromatic carbocycles. The van der Waals surface area contributed by atoms with Crippen LogP contribution >= 0.6 is 11.5 Å². The lowest BCUT2D eigenvalue weighted by Crippen LogP contribution is -2.51. The summed E-state index contributed by atoms with van der Waals surface area (Å²) in [6, 6.07) is 10.2. The van der Waals surface area contributed by atoms with E-state index in [0.717, 1.165) is 29.1 Å². The van der Waals surface area contributed by atoms with Gasteiger partial charge in [0.1, 0.15) is 0 Å². The number of rotatable bonds is 7. The Balaban J connectivity index is 2.20. The molecule has 2 amide bonds. The molecule has 0 fully saturated rings. The fourth-order valence-corrected chi connectivity index (χ4v) is 3.57. The molecule has 0 saturated carbocycles. The molecule has 8 heteroatoms. The van der Waals surface area contributed by atoms with Crippen LogP contribution in [0, 0.1) is 13.8 Å². The summed E-state index contributed by atoms with van der Waals surface area (Å²) < 4.78 is 3.84. The Morgan fingerprint density at radius 3 is 2.58 bits per heavy atom. The average molecular weight is 438 g/mol. The summed E-state index contributed by atoms with van der Waals surface area (Å²) in [5.41, 5.74) is 2.70. The van der Waals surface area contributed by atoms with Crippen LogP contribution in [0.1, 0.15) is 60.5 Å². The van der Waals surface area contributed by atoms with E-state index in [0.29, 0.717) is 11.4 Å². The highest BCUT2D eigenvalue weighted by atomic mass is 32.1. The van der Waals surface area contributed by atoms with E-state index in [1.807, 2.05) is 58.9 Å². The minimum Gasteiger partial charge on any atom is -0.349 e. The maximum Gasteiger partial charge on any atom is 0.280 e. The molecule has 1 atom stereocenters. The van der Waals surface area contributed by atoms with Gasteiger partial charge in [0.05, 0.1) is 5.69 Å². The maximum atomic E-state index is 13.6. The molecule has 3 aromatic rings. The first kappa shape index (κ1) is 22.6. The zero-order chi connectivity index (χ0) is 22.6. The number of carbonyl (C=O) groups is 2. The molecule has 31 heavy (non-hydrogen) atoms. The van der Waals surface area contributed by atoms with Gasteiger partial charge < -0.3 is 5.32 Å². The highest BCUT2D eigenvalue weighted by Gasteiger charge is 2.37. The zero-order valence-electron chi connectivity index (χ0n) is 18.4. The van der Waals surface area contributed by atoms with Crippen molar-refractivity contribution < 1.29 is 9.59 Å². The predicted molar refractivity (Wildman–Crippen MR) is 122 cm³/mol. The molecular formula is C23H27N5O2S. The number of nitrogens with zero attached hydrogens (tertiary/aromatic N) is 4. The van der Waals surface area contributed by atoms with E-state index in [9.17, 15) is 9.59 Å². The Hall–Kier alpha value is -3.13. The highest BCUT2D eigenvalue weighted by Crippen LogP contribution is 2.32. The van der Waals surface area contributed by atoms with Gasteiger partial charge in [-0.05, 0) is 75.0 Å². The molecular weight excluding hydrogens is 410 g/mol. The Bertz CT molecular complexity index is 1050. The largest absolute Gasteiger partial charge is 0.349 e. The van der Waals surface area contributed by atoms with Crippen LogP contribution < -0.4 is 10.2 Å². The van der Waals surface area contributed by atoms with Crippen molar-refractivity contribution in [2.75, 3.05) is 4.90 Å². The zero-order valence-corrected chi connectivity index (χ0v) is 19.2. The van der Waals surface area contributed by atoms with Gasteiger partial charge in [-0.15, -0.1) is 5.10 Å². The molecule has 3 rings (SSSR count). The first-order valence-corrected chi connectivity index (χ1v) is 11.0. The Labute approximate surface area is 186 Å². The van der Waals surface area contributed by atoms with Crippen LogP contribution in [0.5, 0.6) is 0 Å². The van der Waals surface area contributed by atoms with Crippen LogP contribution in [0.15, 0.2) is 48.0 Å². The number of carbonyl (C=O) groups excluding carboxylic acids is 2. The second kappa shape index (κ2) is 9.34. The minimum atomic E-state index is -0.971. The molecule has 0 spiro atoms. The number of pyridine rings is 1. The fourth-order valence-electron chi connectivity index (χ4n) is 3.14. The summed E-state index contributed by atoms with van der Waals surface area (Å²) in [6.45, 7) is 9.78. The van der Waals surface area contributed by atoms with Gasteiger partial charge >= 0.3 is 0 Å². The first-order valence-electron chi connectivity index (χ1n) is 10.1. The number of hydrogen-bond donors (Lipinski definition) is 1. The number of hydrogen-bond acceptors (Lipinski definition) is 6. The topological polar surface area (TPSA) is 88.1 Å². The first-order chi connectivity index (χ1) is 14.7. The lowest BCUT2D eigenvalue weighted by atomic mass is 9.99. The summed E-state index contributed by atoms with van der Waals surface area (Å²) in [7, 11) is 0. The van der Waals surface area contributed by atoms with Crippen molar-refractivity contribution in [3.63, 3.8) is 0 Å². The summed E-state index contributed by atoms with van der Waals surface area (Å²) in [5, 5.41) is 8.64. The van der Waals surface area contributed by atoms with Crippen molar-refractivity contribution in [2.45, 2.75) is 52.6 Å². The second-order valence-electron chi connectivity index (χ2n) is 8.14. The summed E-state index contributed by atoms with van der Waals surface area (Å²) in [6.07, 6.45) is 2.36. The molecule has 0 unspecified atom stereocenters. The van der Waals surface area contributed by atoms with Crippen molar-refractivity contribution >= 4 is 29.0 Å². The highest BCUT2D eigenvalue weighted by molar-refractivity contribution is 7.03. The van der Waals surface area contributed by atoms with Crippen LogP contribution in [0.4, 0.5) is 5.69 Å². The summed E-state index contributed by atoms with van der Waals surface area (Å²) in [4.78, 5) is 33.2. The molecule has 7 nitrogen and oxygen atoms in total. The molecule has 2 heterocycles. The van der Waals surface area contributed by atoms with E-state index in [2.05, 4.69) is 19.9 Å². The van der Waals surface area contributed by atoms with E-state index in [1.165, 1.54) is 4.90 Å². The Morgan fingerprint density at radius 1 is 1.19 bits per heavy atom. The molecule has 0 aliphatic rings. The molecule has 2 aromatic heterocycles. The third kappa shape index (κ3) is 5.14. The van der Waals surface area contributed by atoms with Gasteiger partial charge in [0, 0.05) is 22.8 Å². The molecule has 0 radical (unpaired) electrons. The molecule has 0 bridgehead atoms. The molecule has 0 saturated heterocycles. The van der Waals surface area contributed by atoms with E-state index < -0.39 is 17.5 Å². The van der Waals surface area contributed by atoms with Crippen molar-refractivity contribution in [1.82, 2.24) is 19.9 Å². The lowest BCUT2D eigenvalue weighted by molar-refractivity contribution is -0.124. The van der Waals surface area contributed by atoms with Gasteiger partial charge in [0.25, 0.3) is 5.91 Å². The Morgan fingerprint density at radius 2 is 1.97 bits per heavy atom. The van der Waals surface area contributed by atoms with E-state index >= 15 is 0 Å². The standard InChI is InChI=1S/C23H27N5O2S/c1-6-23(4,5)25-21(29)20(17-9-7-8-12-24-17)28(22(30)18-14-31-27-26-18)19-13-15(2)10-11-16(19)3/h7-14,20H,6H2,1-5H3,(H,25,29)/t20-/m1/s1. The number of nitrogens with one attached hydrogen (secondary N) is 1. The van der Waals surface area contributed by atoms with Crippen molar-refractivity contribution in [2.24, 2.45) is 0 Å². The van der Waals surface area contributed by atoms with Crippen LogP contribution in [-0.2, 0) is 4.79 Å². The summed E-state index contributed by atoms with van der Waals surface area (Å²) in [5.74, 6) is -0.703. The number of anilines is 1.